The van der Waals surface area contributed by atoms with Crippen molar-refractivity contribution in [3.63, 3.8) is 0 Å². The Morgan fingerprint density at radius 2 is 1.65 bits per heavy atom. The highest BCUT2D eigenvalue weighted by atomic mass is 16.2. The normalized spacial score (nSPS) is 17.1. The van der Waals surface area contributed by atoms with Crippen molar-refractivity contribution in [1.82, 2.24) is 15.1 Å². The van der Waals surface area contributed by atoms with Gasteiger partial charge in [0.1, 0.15) is 0 Å². The molecule has 0 aliphatic carbocycles. The molecule has 1 saturated heterocycles. The number of piperazine rings is 1. The lowest BCUT2D eigenvalue weighted by molar-refractivity contribution is -0.139. The maximum Gasteiger partial charge on any atom is 0.242 e. The lowest BCUT2D eigenvalue weighted by Crippen LogP contribution is -2.59. The molecule has 0 aromatic rings. The fraction of sp³-hybridized carbons (Fsp3) is 0.857. The van der Waals surface area contributed by atoms with Crippen LogP contribution in [0.15, 0.2) is 0 Å². The molecule has 0 bridgehead atoms. The quantitative estimate of drug-likeness (QED) is 0.707. The third kappa shape index (κ3) is 4.18. The fourth-order valence-corrected chi connectivity index (χ4v) is 2.43. The van der Waals surface area contributed by atoms with E-state index in [-0.39, 0.29) is 11.8 Å². The van der Waals surface area contributed by atoms with Gasteiger partial charge in [-0.15, -0.1) is 0 Å². The molecular weight excluding hydrogens is 256 g/mol. The van der Waals surface area contributed by atoms with Gasteiger partial charge in [-0.25, -0.2) is 0 Å². The molecule has 0 aromatic heterocycles. The first-order valence-electron chi connectivity index (χ1n) is 7.54. The summed E-state index contributed by atoms with van der Waals surface area (Å²) in [5.41, 5.74) is 5.42. The third-order valence-corrected chi connectivity index (χ3v) is 4.09. The molecule has 0 unspecified atom stereocenters. The first kappa shape index (κ1) is 16.9. The second kappa shape index (κ2) is 7.59. The van der Waals surface area contributed by atoms with Gasteiger partial charge in [0, 0.05) is 32.7 Å². The van der Waals surface area contributed by atoms with E-state index < -0.39 is 5.54 Å². The largest absolute Gasteiger partial charge is 0.355 e. The van der Waals surface area contributed by atoms with E-state index in [1.807, 2.05) is 25.7 Å². The maximum atomic E-state index is 12.4. The van der Waals surface area contributed by atoms with Crippen LogP contribution in [0.4, 0.5) is 0 Å². The standard InChI is InChI=1S/C14H28N4O2/c1-4-14(15,5-2)13(20)18-9-7-17(8-10-18)11-12(19)16-6-3/h4-11,15H2,1-3H3,(H,16,19). The Morgan fingerprint density at radius 3 is 2.10 bits per heavy atom. The Morgan fingerprint density at radius 1 is 1.10 bits per heavy atom. The van der Waals surface area contributed by atoms with Crippen molar-refractivity contribution in [3.05, 3.63) is 0 Å². The van der Waals surface area contributed by atoms with E-state index in [0.717, 1.165) is 13.1 Å². The highest BCUT2D eigenvalue weighted by molar-refractivity contribution is 5.86. The van der Waals surface area contributed by atoms with E-state index in [1.165, 1.54) is 0 Å². The van der Waals surface area contributed by atoms with Gasteiger partial charge in [-0.05, 0) is 19.8 Å². The number of hydrogen-bond donors (Lipinski definition) is 2. The molecular formula is C14H28N4O2. The predicted octanol–water partition coefficient (Wildman–Crippen LogP) is -0.216. The Balaban J connectivity index is 2.46. The molecule has 1 heterocycles. The van der Waals surface area contributed by atoms with Crippen LogP contribution in [-0.2, 0) is 9.59 Å². The topological polar surface area (TPSA) is 78.7 Å². The van der Waals surface area contributed by atoms with Crippen LogP contribution in [0.1, 0.15) is 33.6 Å². The average molecular weight is 284 g/mol. The number of nitrogens with one attached hydrogen (secondary N) is 1. The monoisotopic (exact) mass is 284 g/mol. The SMILES string of the molecule is CCNC(=O)CN1CCN(C(=O)C(N)(CC)CC)CC1. The highest BCUT2D eigenvalue weighted by Crippen LogP contribution is 2.16. The van der Waals surface area contributed by atoms with Crippen LogP contribution in [-0.4, -0.2) is 66.4 Å². The Kier molecular flexibility index (Phi) is 6.42. The van der Waals surface area contributed by atoms with Gasteiger partial charge in [0.15, 0.2) is 0 Å². The van der Waals surface area contributed by atoms with Gasteiger partial charge in [-0.3, -0.25) is 14.5 Å². The van der Waals surface area contributed by atoms with Gasteiger partial charge in [-0.1, -0.05) is 13.8 Å². The number of rotatable bonds is 6. The molecule has 0 aromatic carbocycles. The molecule has 0 atom stereocenters. The summed E-state index contributed by atoms with van der Waals surface area (Å²) in [6.45, 7) is 9.63. The van der Waals surface area contributed by atoms with E-state index in [9.17, 15) is 9.59 Å². The highest BCUT2D eigenvalue weighted by Gasteiger charge is 2.35. The van der Waals surface area contributed by atoms with Crippen LogP contribution in [0.2, 0.25) is 0 Å². The number of carbonyl (C=O) groups excluding carboxylic acids is 2. The summed E-state index contributed by atoms with van der Waals surface area (Å²) in [7, 11) is 0. The zero-order valence-corrected chi connectivity index (χ0v) is 12.9. The molecule has 2 amide bonds. The fourth-order valence-electron chi connectivity index (χ4n) is 2.43. The Bertz CT molecular complexity index is 334. The van der Waals surface area contributed by atoms with Gasteiger partial charge in [0.25, 0.3) is 0 Å². The van der Waals surface area contributed by atoms with Gasteiger partial charge in [0.2, 0.25) is 11.8 Å². The van der Waals surface area contributed by atoms with Crippen molar-refractivity contribution in [2.45, 2.75) is 39.2 Å². The number of nitrogens with zero attached hydrogens (tertiary/aromatic N) is 2. The van der Waals surface area contributed by atoms with E-state index >= 15 is 0 Å². The minimum absolute atomic E-state index is 0.0418. The van der Waals surface area contributed by atoms with Crippen molar-refractivity contribution < 1.29 is 9.59 Å². The molecule has 1 aliphatic rings. The number of hydrogen-bond acceptors (Lipinski definition) is 4. The number of amides is 2. The Labute approximate surface area is 121 Å². The number of likely N-dealkylation sites (N-methyl/N-ethyl adjacent to an activating group) is 1. The predicted molar refractivity (Wildman–Crippen MR) is 79.2 cm³/mol. The molecule has 6 heteroatoms. The lowest BCUT2D eigenvalue weighted by atomic mass is 9.92. The third-order valence-electron chi connectivity index (χ3n) is 4.09. The molecule has 6 nitrogen and oxygen atoms in total. The van der Waals surface area contributed by atoms with E-state index in [4.69, 9.17) is 5.73 Å². The summed E-state index contributed by atoms with van der Waals surface area (Å²) in [4.78, 5) is 27.9. The van der Waals surface area contributed by atoms with Crippen molar-refractivity contribution in [3.8, 4) is 0 Å². The molecule has 1 rings (SSSR count). The molecule has 1 aliphatic heterocycles. The van der Waals surface area contributed by atoms with Crippen molar-refractivity contribution in [1.29, 1.82) is 0 Å². The average Bonchev–Trinajstić information content (AvgIpc) is 2.46. The van der Waals surface area contributed by atoms with Gasteiger partial charge < -0.3 is 16.0 Å². The first-order chi connectivity index (χ1) is 9.46. The molecule has 1 fully saturated rings. The lowest BCUT2D eigenvalue weighted by Gasteiger charge is -2.38. The minimum Gasteiger partial charge on any atom is -0.355 e. The summed E-state index contributed by atoms with van der Waals surface area (Å²) in [5, 5.41) is 2.79. The molecule has 0 radical (unpaired) electrons. The maximum absolute atomic E-state index is 12.4. The van der Waals surface area contributed by atoms with Gasteiger partial charge in [0.05, 0.1) is 12.1 Å². The smallest absolute Gasteiger partial charge is 0.242 e. The number of nitrogens with two attached hydrogens (primary N) is 1. The van der Waals surface area contributed by atoms with Crippen LogP contribution in [0.25, 0.3) is 0 Å². The van der Waals surface area contributed by atoms with E-state index in [2.05, 4.69) is 10.2 Å². The summed E-state index contributed by atoms with van der Waals surface area (Å²) in [5.74, 6) is 0.0859. The van der Waals surface area contributed by atoms with Crippen LogP contribution >= 0.6 is 0 Å². The Hall–Kier alpha value is -1.14. The van der Waals surface area contributed by atoms with E-state index in [1.54, 1.807) is 0 Å². The summed E-state index contributed by atoms with van der Waals surface area (Å²) in [6.07, 6.45) is 1.31. The molecule has 20 heavy (non-hydrogen) atoms. The van der Waals surface area contributed by atoms with Gasteiger partial charge >= 0.3 is 0 Å². The second-order valence-electron chi connectivity index (χ2n) is 5.39. The minimum atomic E-state index is -0.734. The van der Waals surface area contributed by atoms with E-state index in [0.29, 0.717) is 39.0 Å². The van der Waals surface area contributed by atoms with Crippen LogP contribution < -0.4 is 11.1 Å². The molecule has 3 N–H and O–H groups in total. The van der Waals surface area contributed by atoms with Crippen molar-refractivity contribution in [2.75, 3.05) is 39.3 Å². The first-order valence-corrected chi connectivity index (χ1v) is 7.54. The van der Waals surface area contributed by atoms with Crippen LogP contribution in [0.3, 0.4) is 0 Å². The summed E-state index contributed by atoms with van der Waals surface area (Å²) in [6, 6.07) is 0. The van der Waals surface area contributed by atoms with Crippen molar-refractivity contribution >= 4 is 11.8 Å². The van der Waals surface area contributed by atoms with Gasteiger partial charge in [-0.2, -0.15) is 0 Å². The second-order valence-corrected chi connectivity index (χ2v) is 5.39. The number of carbonyl (C=O) groups is 2. The van der Waals surface area contributed by atoms with Crippen molar-refractivity contribution in [2.24, 2.45) is 5.73 Å². The molecule has 116 valence electrons. The summed E-state index contributed by atoms with van der Waals surface area (Å²) < 4.78 is 0. The summed E-state index contributed by atoms with van der Waals surface area (Å²) >= 11 is 0. The zero-order valence-electron chi connectivity index (χ0n) is 12.9. The van der Waals surface area contributed by atoms with Crippen LogP contribution in [0, 0.1) is 0 Å². The molecule has 0 spiro atoms. The zero-order chi connectivity index (χ0) is 15.2. The van der Waals surface area contributed by atoms with Crippen LogP contribution in [0.5, 0.6) is 0 Å². The molecule has 0 saturated carbocycles.